The van der Waals surface area contributed by atoms with Gasteiger partial charge in [-0.15, -0.1) is 0 Å². The molecule has 0 aliphatic heterocycles. The van der Waals surface area contributed by atoms with Gasteiger partial charge in [-0.2, -0.15) is 0 Å². The van der Waals surface area contributed by atoms with Crippen LogP contribution in [0.3, 0.4) is 0 Å². The predicted octanol–water partition coefficient (Wildman–Crippen LogP) is 16.1. The Morgan fingerprint density at radius 3 is 0.860 bits per heavy atom. The molecule has 0 aromatic carbocycles. The van der Waals surface area contributed by atoms with Gasteiger partial charge in [0.2, 0.25) is 0 Å². The van der Waals surface area contributed by atoms with E-state index in [9.17, 15) is 14.4 Å². The van der Waals surface area contributed by atoms with Crippen molar-refractivity contribution < 1.29 is 28.6 Å². The lowest BCUT2D eigenvalue weighted by Crippen LogP contribution is -2.30. The standard InChI is InChI=1S/C51H98O6/c1-6-7-8-9-10-11-21-28-33-38-43-51(54)57-48(45-56-50(53)42-37-32-27-23-18-17-20-25-30-35-40-47(4)5)44-55-49(52)41-36-31-26-22-16-14-12-13-15-19-24-29-34-39-46(2)3/h46-48H,6-45H2,1-5H3/t48-/m1/s1. The molecule has 0 bridgehead atoms. The second-order valence-corrected chi connectivity index (χ2v) is 18.4. The predicted molar refractivity (Wildman–Crippen MR) is 243 cm³/mol. The van der Waals surface area contributed by atoms with Crippen molar-refractivity contribution in [3.63, 3.8) is 0 Å². The molecule has 0 saturated carbocycles. The van der Waals surface area contributed by atoms with Gasteiger partial charge >= 0.3 is 17.9 Å². The molecular weight excluding hydrogens is 709 g/mol. The summed E-state index contributed by atoms with van der Waals surface area (Å²) in [6, 6.07) is 0. The molecule has 57 heavy (non-hydrogen) atoms. The highest BCUT2D eigenvalue weighted by atomic mass is 16.6. The third-order valence-electron chi connectivity index (χ3n) is 11.5. The zero-order valence-electron chi connectivity index (χ0n) is 39.0. The minimum atomic E-state index is -0.760. The van der Waals surface area contributed by atoms with Crippen LogP contribution in [0.4, 0.5) is 0 Å². The van der Waals surface area contributed by atoms with Crippen molar-refractivity contribution in [3.05, 3.63) is 0 Å². The Morgan fingerprint density at radius 1 is 0.333 bits per heavy atom. The van der Waals surface area contributed by atoms with Gasteiger partial charge in [-0.25, -0.2) is 0 Å². The molecule has 0 aliphatic carbocycles. The van der Waals surface area contributed by atoms with E-state index in [1.54, 1.807) is 0 Å². The van der Waals surface area contributed by atoms with E-state index in [4.69, 9.17) is 14.2 Å². The van der Waals surface area contributed by atoms with Crippen LogP contribution in [-0.4, -0.2) is 37.2 Å². The molecule has 0 radical (unpaired) electrons. The van der Waals surface area contributed by atoms with Gasteiger partial charge in [0.15, 0.2) is 6.10 Å². The maximum atomic E-state index is 12.7. The SMILES string of the molecule is CCCCCCCCCCCCC(=O)O[C@H](COC(=O)CCCCCCCCCCCCCCCC(C)C)COC(=O)CCCCCCCCCCCCC(C)C. The van der Waals surface area contributed by atoms with E-state index in [1.165, 1.54) is 167 Å². The Labute approximate surface area is 355 Å². The Kier molecular flexibility index (Phi) is 42.7. The van der Waals surface area contributed by atoms with Crippen LogP contribution in [0.5, 0.6) is 0 Å². The molecule has 0 aromatic rings. The summed E-state index contributed by atoms with van der Waals surface area (Å²) in [5, 5.41) is 0. The van der Waals surface area contributed by atoms with E-state index >= 15 is 0 Å². The second-order valence-electron chi connectivity index (χ2n) is 18.4. The van der Waals surface area contributed by atoms with Crippen LogP contribution in [0.1, 0.15) is 279 Å². The monoisotopic (exact) mass is 807 g/mol. The first-order valence-corrected chi connectivity index (χ1v) is 25.2. The van der Waals surface area contributed by atoms with Gasteiger partial charge in [-0.3, -0.25) is 14.4 Å². The fraction of sp³-hybridized carbons (Fsp3) is 0.941. The summed E-state index contributed by atoms with van der Waals surface area (Å²) in [5.74, 6) is 0.807. The third kappa shape index (κ3) is 45.3. The van der Waals surface area contributed by atoms with E-state index in [1.807, 2.05) is 0 Å². The lowest BCUT2D eigenvalue weighted by molar-refractivity contribution is -0.167. The molecule has 0 N–H and O–H groups in total. The summed E-state index contributed by atoms with van der Waals surface area (Å²) in [6.45, 7) is 11.4. The Bertz CT molecular complexity index is 870. The fourth-order valence-electron chi connectivity index (χ4n) is 7.64. The molecule has 338 valence electrons. The summed E-state index contributed by atoms with van der Waals surface area (Å²) >= 11 is 0. The highest BCUT2D eigenvalue weighted by Crippen LogP contribution is 2.17. The Hall–Kier alpha value is -1.59. The van der Waals surface area contributed by atoms with Gasteiger partial charge in [0.05, 0.1) is 0 Å². The van der Waals surface area contributed by atoms with Gasteiger partial charge in [0.1, 0.15) is 13.2 Å². The summed E-state index contributed by atoms with van der Waals surface area (Å²) < 4.78 is 16.8. The number of hydrogen-bond acceptors (Lipinski definition) is 6. The highest BCUT2D eigenvalue weighted by molar-refractivity contribution is 5.71. The molecule has 0 aromatic heterocycles. The minimum absolute atomic E-state index is 0.0639. The summed E-state index contributed by atoms with van der Waals surface area (Å²) in [7, 11) is 0. The van der Waals surface area contributed by atoms with Gasteiger partial charge in [-0.05, 0) is 31.1 Å². The number of carbonyl (C=O) groups is 3. The Balaban J connectivity index is 4.27. The number of ether oxygens (including phenoxy) is 3. The molecule has 6 nitrogen and oxygen atoms in total. The van der Waals surface area contributed by atoms with Gasteiger partial charge in [-0.1, -0.05) is 240 Å². The number of carbonyl (C=O) groups excluding carboxylic acids is 3. The molecule has 0 fully saturated rings. The van der Waals surface area contributed by atoms with E-state index in [-0.39, 0.29) is 31.1 Å². The number of hydrogen-bond donors (Lipinski definition) is 0. The van der Waals surface area contributed by atoms with Gasteiger partial charge in [0.25, 0.3) is 0 Å². The topological polar surface area (TPSA) is 78.9 Å². The van der Waals surface area contributed by atoms with Gasteiger partial charge < -0.3 is 14.2 Å². The van der Waals surface area contributed by atoms with Crippen LogP contribution in [0, 0.1) is 11.8 Å². The van der Waals surface area contributed by atoms with Crippen LogP contribution in [0.25, 0.3) is 0 Å². The molecule has 6 heteroatoms. The highest BCUT2D eigenvalue weighted by Gasteiger charge is 2.19. The fourth-order valence-corrected chi connectivity index (χ4v) is 7.64. The van der Waals surface area contributed by atoms with Crippen molar-refractivity contribution in [1.29, 1.82) is 0 Å². The largest absolute Gasteiger partial charge is 0.462 e. The first kappa shape index (κ1) is 55.4. The molecule has 0 unspecified atom stereocenters. The van der Waals surface area contributed by atoms with Gasteiger partial charge in [0, 0.05) is 19.3 Å². The van der Waals surface area contributed by atoms with Crippen molar-refractivity contribution in [1.82, 2.24) is 0 Å². The molecule has 0 amide bonds. The van der Waals surface area contributed by atoms with Crippen LogP contribution in [0.15, 0.2) is 0 Å². The van der Waals surface area contributed by atoms with Crippen molar-refractivity contribution in [2.45, 2.75) is 285 Å². The zero-order valence-corrected chi connectivity index (χ0v) is 39.0. The molecular formula is C51H98O6. The molecule has 0 saturated heterocycles. The van der Waals surface area contributed by atoms with Crippen LogP contribution >= 0.6 is 0 Å². The molecule has 0 spiro atoms. The molecule has 0 aliphatic rings. The second kappa shape index (κ2) is 44.0. The summed E-state index contributed by atoms with van der Waals surface area (Å²) in [6.07, 6.45) is 43.7. The maximum absolute atomic E-state index is 12.7. The van der Waals surface area contributed by atoms with E-state index in [0.29, 0.717) is 19.3 Å². The summed E-state index contributed by atoms with van der Waals surface area (Å²) in [5.41, 5.74) is 0. The van der Waals surface area contributed by atoms with E-state index in [0.717, 1.165) is 69.6 Å². The first-order valence-electron chi connectivity index (χ1n) is 25.2. The normalized spacial score (nSPS) is 12.1. The van der Waals surface area contributed by atoms with E-state index in [2.05, 4.69) is 34.6 Å². The number of unbranched alkanes of at least 4 members (excludes halogenated alkanes) is 30. The Morgan fingerprint density at radius 2 is 0.579 bits per heavy atom. The maximum Gasteiger partial charge on any atom is 0.306 e. The van der Waals surface area contributed by atoms with Crippen LogP contribution < -0.4 is 0 Å². The van der Waals surface area contributed by atoms with Crippen LogP contribution in [-0.2, 0) is 28.6 Å². The lowest BCUT2D eigenvalue weighted by atomic mass is 10.0. The molecule has 1 atom stereocenters. The average Bonchev–Trinajstić information content (AvgIpc) is 3.18. The van der Waals surface area contributed by atoms with Crippen LogP contribution in [0.2, 0.25) is 0 Å². The molecule has 0 heterocycles. The van der Waals surface area contributed by atoms with Crippen molar-refractivity contribution >= 4 is 17.9 Å². The first-order chi connectivity index (χ1) is 27.7. The number of rotatable bonds is 45. The molecule has 0 rings (SSSR count). The zero-order chi connectivity index (χ0) is 41.9. The van der Waals surface area contributed by atoms with Crippen molar-refractivity contribution in [2.24, 2.45) is 11.8 Å². The van der Waals surface area contributed by atoms with E-state index < -0.39 is 6.10 Å². The average molecular weight is 807 g/mol. The lowest BCUT2D eigenvalue weighted by Gasteiger charge is -2.18. The minimum Gasteiger partial charge on any atom is -0.462 e. The van der Waals surface area contributed by atoms with Crippen molar-refractivity contribution in [3.8, 4) is 0 Å². The third-order valence-corrected chi connectivity index (χ3v) is 11.5. The quantitative estimate of drug-likeness (QED) is 0.0346. The van der Waals surface area contributed by atoms with Crippen molar-refractivity contribution in [2.75, 3.05) is 13.2 Å². The smallest absolute Gasteiger partial charge is 0.306 e. The summed E-state index contributed by atoms with van der Waals surface area (Å²) in [4.78, 5) is 37.8. The number of esters is 3.